The van der Waals surface area contributed by atoms with E-state index in [4.69, 9.17) is 4.74 Å². The predicted molar refractivity (Wildman–Crippen MR) is 126 cm³/mol. The standard InChI is InChI=1S/C25H23FN4O4/c1-16-11-29(15-27-16)22-8-7-20(10-24(22)34-2)28-21-9-17(13-31)12-30(25(21)33)23(14-32)18-3-5-19(26)6-4-18/h3-13,15,23,28,32H,14H2,1-2H3. The van der Waals surface area contributed by atoms with Gasteiger partial charge in [-0.25, -0.2) is 9.37 Å². The number of anilines is 2. The highest BCUT2D eigenvalue weighted by Crippen LogP contribution is 2.28. The Labute approximate surface area is 194 Å². The zero-order chi connectivity index (χ0) is 24.2. The van der Waals surface area contributed by atoms with E-state index in [-0.39, 0.29) is 11.3 Å². The lowest BCUT2D eigenvalue weighted by atomic mass is 10.1. The van der Waals surface area contributed by atoms with Crippen molar-refractivity contribution >= 4 is 17.7 Å². The number of hydrogen-bond donors (Lipinski definition) is 2. The summed E-state index contributed by atoms with van der Waals surface area (Å²) < 4.78 is 22.0. The minimum absolute atomic E-state index is 0.137. The summed E-state index contributed by atoms with van der Waals surface area (Å²) in [6.07, 6.45) is 5.53. The lowest BCUT2D eigenvalue weighted by molar-refractivity contribution is 0.112. The van der Waals surface area contributed by atoms with Crippen molar-refractivity contribution in [2.24, 2.45) is 0 Å². The van der Waals surface area contributed by atoms with E-state index in [2.05, 4.69) is 10.3 Å². The van der Waals surface area contributed by atoms with Gasteiger partial charge in [0.05, 0.1) is 37.5 Å². The van der Waals surface area contributed by atoms with Crippen molar-refractivity contribution in [1.29, 1.82) is 0 Å². The summed E-state index contributed by atoms with van der Waals surface area (Å²) in [5.74, 6) is 0.119. The predicted octanol–water partition coefficient (Wildman–Crippen LogP) is 3.63. The maximum absolute atomic E-state index is 13.4. The maximum atomic E-state index is 13.4. The Kier molecular flexibility index (Phi) is 6.55. The Morgan fingerprint density at radius 1 is 1.18 bits per heavy atom. The molecular formula is C25H23FN4O4. The van der Waals surface area contributed by atoms with E-state index >= 15 is 0 Å². The van der Waals surface area contributed by atoms with Crippen LogP contribution in [0, 0.1) is 12.7 Å². The van der Waals surface area contributed by atoms with Gasteiger partial charge in [-0.1, -0.05) is 12.1 Å². The first-order chi connectivity index (χ1) is 16.4. The number of hydrogen-bond acceptors (Lipinski definition) is 6. The van der Waals surface area contributed by atoms with Crippen LogP contribution >= 0.6 is 0 Å². The highest BCUT2D eigenvalue weighted by atomic mass is 19.1. The molecule has 1 atom stereocenters. The third kappa shape index (κ3) is 4.60. The number of imidazole rings is 1. The van der Waals surface area contributed by atoms with Gasteiger partial charge in [-0.15, -0.1) is 0 Å². The quantitative estimate of drug-likeness (QED) is 0.388. The van der Waals surface area contributed by atoms with Crippen molar-refractivity contribution in [1.82, 2.24) is 14.1 Å². The summed E-state index contributed by atoms with van der Waals surface area (Å²) in [5, 5.41) is 13.0. The summed E-state index contributed by atoms with van der Waals surface area (Å²) in [5.41, 5.74) is 2.63. The van der Waals surface area contributed by atoms with E-state index in [9.17, 15) is 19.1 Å². The molecule has 0 aliphatic rings. The number of carbonyl (C=O) groups excluding carboxylic acids is 1. The number of aromatic nitrogens is 3. The van der Waals surface area contributed by atoms with Gasteiger partial charge in [-0.3, -0.25) is 9.59 Å². The summed E-state index contributed by atoms with van der Waals surface area (Å²) in [4.78, 5) is 29.1. The fourth-order valence-electron chi connectivity index (χ4n) is 3.73. The lowest BCUT2D eigenvalue weighted by Crippen LogP contribution is -2.29. The van der Waals surface area contributed by atoms with Gasteiger partial charge < -0.3 is 24.3 Å². The molecular weight excluding hydrogens is 439 g/mol. The second-order valence-electron chi connectivity index (χ2n) is 7.70. The number of halogens is 1. The lowest BCUT2D eigenvalue weighted by Gasteiger charge is -2.20. The van der Waals surface area contributed by atoms with Crippen LogP contribution in [0.5, 0.6) is 5.75 Å². The van der Waals surface area contributed by atoms with Gasteiger partial charge in [0, 0.05) is 29.7 Å². The number of aliphatic hydroxyl groups is 1. The van der Waals surface area contributed by atoms with Crippen LogP contribution in [0.3, 0.4) is 0 Å². The second-order valence-corrected chi connectivity index (χ2v) is 7.70. The minimum Gasteiger partial charge on any atom is -0.494 e. The van der Waals surface area contributed by atoms with Gasteiger partial charge in [0.25, 0.3) is 5.56 Å². The normalized spacial score (nSPS) is 11.8. The molecule has 0 spiro atoms. The van der Waals surface area contributed by atoms with Crippen LogP contribution in [0.2, 0.25) is 0 Å². The molecule has 2 aromatic heterocycles. The van der Waals surface area contributed by atoms with Crippen LogP contribution in [0.15, 0.2) is 72.0 Å². The molecule has 4 rings (SSSR count). The number of rotatable bonds is 8. The number of aldehydes is 1. The van der Waals surface area contributed by atoms with Crippen LogP contribution in [0.1, 0.15) is 27.7 Å². The van der Waals surface area contributed by atoms with Crippen molar-refractivity contribution in [2.45, 2.75) is 13.0 Å². The molecule has 9 heteroatoms. The van der Waals surface area contributed by atoms with Crippen LogP contribution in [-0.4, -0.2) is 39.2 Å². The zero-order valence-electron chi connectivity index (χ0n) is 18.6. The smallest absolute Gasteiger partial charge is 0.274 e. The SMILES string of the molecule is COc1cc(Nc2cc(C=O)cn(C(CO)c3ccc(F)cc3)c2=O)ccc1-n1cnc(C)c1. The van der Waals surface area contributed by atoms with Crippen LogP contribution in [0.25, 0.3) is 5.69 Å². The summed E-state index contributed by atoms with van der Waals surface area (Å²) in [6, 6.07) is 11.4. The average Bonchev–Trinajstić information content (AvgIpc) is 3.28. The molecule has 0 aliphatic heterocycles. The Bertz CT molecular complexity index is 1380. The molecule has 34 heavy (non-hydrogen) atoms. The molecule has 0 bridgehead atoms. The Morgan fingerprint density at radius 3 is 2.56 bits per heavy atom. The first-order valence-electron chi connectivity index (χ1n) is 10.5. The molecule has 2 aromatic carbocycles. The zero-order valence-corrected chi connectivity index (χ0v) is 18.6. The van der Waals surface area contributed by atoms with Crippen molar-refractivity contribution in [3.63, 3.8) is 0 Å². The number of ether oxygens (including phenoxy) is 1. The van der Waals surface area contributed by atoms with Crippen molar-refractivity contribution in [3.8, 4) is 11.4 Å². The van der Waals surface area contributed by atoms with Crippen LogP contribution < -0.4 is 15.6 Å². The van der Waals surface area contributed by atoms with Gasteiger partial charge in [0.1, 0.15) is 17.3 Å². The Balaban J connectivity index is 1.73. The first kappa shape index (κ1) is 22.9. The van der Waals surface area contributed by atoms with Gasteiger partial charge in [0.15, 0.2) is 6.29 Å². The largest absolute Gasteiger partial charge is 0.494 e. The van der Waals surface area contributed by atoms with Crippen molar-refractivity contribution in [2.75, 3.05) is 19.0 Å². The fourth-order valence-corrected chi connectivity index (χ4v) is 3.73. The summed E-state index contributed by atoms with van der Waals surface area (Å²) >= 11 is 0. The molecule has 2 N–H and O–H groups in total. The third-order valence-corrected chi connectivity index (χ3v) is 5.41. The minimum atomic E-state index is -0.796. The highest BCUT2D eigenvalue weighted by molar-refractivity contribution is 5.77. The van der Waals surface area contributed by atoms with E-state index in [0.717, 1.165) is 11.4 Å². The van der Waals surface area contributed by atoms with E-state index in [1.807, 2.05) is 23.8 Å². The number of aliphatic hydroxyl groups excluding tert-OH is 1. The van der Waals surface area contributed by atoms with E-state index < -0.39 is 24.0 Å². The van der Waals surface area contributed by atoms with Crippen molar-refractivity contribution < 1.29 is 19.0 Å². The number of carbonyl (C=O) groups is 1. The van der Waals surface area contributed by atoms with Crippen LogP contribution in [0.4, 0.5) is 15.8 Å². The van der Waals surface area contributed by atoms with E-state index in [1.165, 1.54) is 41.1 Å². The molecule has 1 unspecified atom stereocenters. The molecule has 0 radical (unpaired) electrons. The molecule has 0 fully saturated rings. The first-order valence-corrected chi connectivity index (χ1v) is 10.5. The van der Waals surface area contributed by atoms with Gasteiger partial charge >= 0.3 is 0 Å². The number of benzene rings is 2. The number of pyridine rings is 1. The topological polar surface area (TPSA) is 98.4 Å². The van der Waals surface area contributed by atoms with Crippen molar-refractivity contribution in [3.05, 3.63) is 100 Å². The molecule has 0 saturated heterocycles. The Hall–Kier alpha value is -4.24. The monoisotopic (exact) mass is 462 g/mol. The summed E-state index contributed by atoms with van der Waals surface area (Å²) in [7, 11) is 1.54. The highest BCUT2D eigenvalue weighted by Gasteiger charge is 2.18. The maximum Gasteiger partial charge on any atom is 0.274 e. The molecule has 0 amide bonds. The Morgan fingerprint density at radius 2 is 1.94 bits per heavy atom. The van der Waals surface area contributed by atoms with E-state index in [1.54, 1.807) is 25.6 Å². The number of nitrogens with zero attached hydrogens (tertiary/aromatic N) is 3. The molecule has 8 nitrogen and oxygen atoms in total. The molecule has 0 aliphatic carbocycles. The van der Waals surface area contributed by atoms with Crippen LogP contribution in [-0.2, 0) is 0 Å². The number of aryl methyl sites for hydroxylation is 1. The van der Waals surface area contributed by atoms with Gasteiger partial charge in [-0.2, -0.15) is 0 Å². The molecule has 2 heterocycles. The average molecular weight is 462 g/mol. The molecule has 0 saturated carbocycles. The number of nitrogens with one attached hydrogen (secondary N) is 1. The van der Waals surface area contributed by atoms with Gasteiger partial charge in [0.2, 0.25) is 0 Å². The van der Waals surface area contributed by atoms with Gasteiger partial charge in [-0.05, 0) is 42.8 Å². The molecule has 174 valence electrons. The van der Waals surface area contributed by atoms with E-state index in [0.29, 0.717) is 23.3 Å². The summed E-state index contributed by atoms with van der Waals surface area (Å²) in [6.45, 7) is 1.47. The second kappa shape index (κ2) is 9.72. The number of methoxy groups -OCH3 is 1. The third-order valence-electron chi connectivity index (χ3n) is 5.41. The fraction of sp³-hybridized carbons (Fsp3) is 0.160. The molecule has 4 aromatic rings.